The molecule has 0 fully saturated rings. The summed E-state index contributed by atoms with van der Waals surface area (Å²) in [7, 11) is 0. The number of hydrogen-bond acceptors (Lipinski definition) is 6. The van der Waals surface area contributed by atoms with Crippen LogP contribution in [0.4, 0.5) is 10.6 Å². The van der Waals surface area contributed by atoms with Crippen molar-refractivity contribution in [3.05, 3.63) is 71.8 Å². The van der Waals surface area contributed by atoms with Gasteiger partial charge in [-0.25, -0.2) is 4.79 Å². The molecule has 3 rings (SSSR count). The van der Waals surface area contributed by atoms with E-state index in [4.69, 9.17) is 15.2 Å². The first-order valence-electron chi connectivity index (χ1n) is 10.7. The highest BCUT2D eigenvalue weighted by atomic mass is 16.6. The van der Waals surface area contributed by atoms with Gasteiger partial charge in [0.15, 0.2) is 0 Å². The van der Waals surface area contributed by atoms with Gasteiger partial charge in [-0.2, -0.15) is 0 Å². The molecule has 0 aliphatic carbocycles. The van der Waals surface area contributed by atoms with E-state index in [9.17, 15) is 4.79 Å². The summed E-state index contributed by atoms with van der Waals surface area (Å²) >= 11 is 0. The average Bonchev–Trinajstić information content (AvgIpc) is 2.76. The molecule has 0 bridgehead atoms. The molecule has 0 unspecified atom stereocenters. The van der Waals surface area contributed by atoms with Crippen molar-refractivity contribution in [2.24, 2.45) is 0 Å². The molecule has 7 heteroatoms. The molecule has 3 aromatic rings. The summed E-state index contributed by atoms with van der Waals surface area (Å²) < 4.78 is 11.1. The molecule has 1 heterocycles. The lowest BCUT2D eigenvalue weighted by Crippen LogP contribution is -2.33. The Morgan fingerprint density at radius 1 is 0.938 bits per heavy atom. The molecular weight excluding hydrogens is 404 g/mol. The fourth-order valence-corrected chi connectivity index (χ4v) is 2.98. The molecule has 7 nitrogen and oxygen atoms in total. The summed E-state index contributed by atoms with van der Waals surface area (Å²) in [5.74, 6) is 1.19. The van der Waals surface area contributed by atoms with Crippen molar-refractivity contribution >= 4 is 11.9 Å². The Hall–Kier alpha value is -3.61. The third kappa shape index (κ3) is 7.58. The predicted octanol–water partition coefficient (Wildman–Crippen LogP) is 4.76. The van der Waals surface area contributed by atoms with Crippen molar-refractivity contribution < 1.29 is 14.3 Å². The Kier molecular flexibility index (Phi) is 7.65. The highest BCUT2D eigenvalue weighted by Gasteiger charge is 2.15. The second-order valence-corrected chi connectivity index (χ2v) is 8.51. The van der Waals surface area contributed by atoms with Gasteiger partial charge >= 0.3 is 6.09 Å². The minimum absolute atomic E-state index is 0.376. The Morgan fingerprint density at radius 2 is 1.62 bits per heavy atom. The molecule has 0 spiro atoms. The summed E-state index contributed by atoms with van der Waals surface area (Å²) in [6.07, 6.45) is 1.35. The number of ether oxygens (including phenoxy) is 2. The number of hydrogen-bond donors (Lipinski definition) is 2. The van der Waals surface area contributed by atoms with Crippen molar-refractivity contribution in [3.8, 4) is 17.0 Å². The number of rotatable bonds is 8. The van der Waals surface area contributed by atoms with Crippen molar-refractivity contribution in [2.75, 3.05) is 12.3 Å². The van der Waals surface area contributed by atoms with Gasteiger partial charge in [-0.15, -0.1) is 10.2 Å². The van der Waals surface area contributed by atoms with Crippen molar-refractivity contribution in [1.29, 1.82) is 0 Å². The quantitative estimate of drug-likeness (QED) is 0.496. The number of nitrogens with zero attached hydrogens (tertiary/aromatic N) is 2. The molecule has 0 aliphatic rings. The van der Waals surface area contributed by atoms with Gasteiger partial charge in [-0.1, -0.05) is 24.3 Å². The molecule has 1 amide bonds. The maximum Gasteiger partial charge on any atom is 0.407 e. The third-order valence-corrected chi connectivity index (χ3v) is 4.57. The highest BCUT2D eigenvalue weighted by molar-refractivity contribution is 5.67. The van der Waals surface area contributed by atoms with Gasteiger partial charge in [-0.3, -0.25) is 0 Å². The molecule has 0 aliphatic heterocycles. The van der Waals surface area contributed by atoms with Gasteiger partial charge in [-0.05, 0) is 81.1 Å². The second kappa shape index (κ2) is 10.6. The van der Waals surface area contributed by atoms with Crippen LogP contribution in [0.15, 0.2) is 60.7 Å². The van der Waals surface area contributed by atoms with Gasteiger partial charge in [0.1, 0.15) is 23.8 Å². The molecule has 168 valence electrons. The molecule has 1 aromatic heterocycles. The fraction of sp³-hybridized carbons (Fsp3) is 0.320. The first-order chi connectivity index (χ1) is 15.3. The zero-order valence-corrected chi connectivity index (χ0v) is 18.8. The minimum atomic E-state index is -0.477. The molecule has 32 heavy (non-hydrogen) atoms. The summed E-state index contributed by atoms with van der Waals surface area (Å²) in [5, 5.41) is 10.7. The van der Waals surface area contributed by atoms with Crippen LogP contribution in [0.5, 0.6) is 5.75 Å². The second-order valence-electron chi connectivity index (χ2n) is 8.51. The maximum atomic E-state index is 11.6. The number of carbonyl (C=O) groups excluding carboxylic acids is 1. The van der Waals surface area contributed by atoms with E-state index in [2.05, 4.69) is 39.8 Å². The van der Waals surface area contributed by atoms with E-state index in [1.807, 2.05) is 51.1 Å². The lowest BCUT2D eigenvalue weighted by Gasteiger charge is -2.19. The number of alkyl carbamates (subject to hydrolysis) is 1. The molecular formula is C25H30N4O3. The van der Waals surface area contributed by atoms with E-state index >= 15 is 0 Å². The maximum absolute atomic E-state index is 11.6. The smallest absolute Gasteiger partial charge is 0.407 e. The summed E-state index contributed by atoms with van der Waals surface area (Å²) in [6.45, 7) is 6.62. The molecule has 0 saturated carbocycles. The Balaban J connectivity index is 1.41. The van der Waals surface area contributed by atoms with Crippen LogP contribution in [0.3, 0.4) is 0 Å². The monoisotopic (exact) mass is 434 g/mol. The third-order valence-electron chi connectivity index (χ3n) is 4.57. The van der Waals surface area contributed by atoms with Crippen LogP contribution in [-0.4, -0.2) is 28.4 Å². The summed E-state index contributed by atoms with van der Waals surface area (Å²) in [4.78, 5) is 11.6. The standard InChI is InChI=1S/C25H30N4O3/c1-25(2,3)32-24(30)27-16-4-5-18-6-8-19(9-7-18)17-31-21-12-10-20(11-13-21)22-14-15-23(26)29-28-22/h6-15H,4-5,16-17H2,1-3H3,(H2,26,29)(H,27,30). The number of aromatic nitrogens is 2. The van der Waals surface area contributed by atoms with E-state index in [-0.39, 0.29) is 6.09 Å². The first kappa shape index (κ1) is 23.1. The van der Waals surface area contributed by atoms with Gasteiger partial charge in [0.25, 0.3) is 0 Å². The van der Waals surface area contributed by atoms with Crippen molar-refractivity contribution in [3.63, 3.8) is 0 Å². The van der Waals surface area contributed by atoms with Gasteiger partial charge in [0, 0.05) is 12.1 Å². The number of nitrogen functional groups attached to an aromatic ring is 1. The number of aryl methyl sites for hydroxylation is 1. The van der Waals surface area contributed by atoms with E-state index in [1.165, 1.54) is 5.56 Å². The lowest BCUT2D eigenvalue weighted by atomic mass is 10.1. The largest absolute Gasteiger partial charge is 0.489 e. The summed E-state index contributed by atoms with van der Waals surface area (Å²) in [6, 6.07) is 19.6. The zero-order valence-electron chi connectivity index (χ0n) is 18.8. The van der Waals surface area contributed by atoms with Crippen LogP contribution in [-0.2, 0) is 17.8 Å². The number of carbonyl (C=O) groups is 1. The molecule has 2 aromatic carbocycles. The van der Waals surface area contributed by atoms with Gasteiger partial charge in [0.2, 0.25) is 0 Å². The average molecular weight is 435 g/mol. The van der Waals surface area contributed by atoms with Crippen LogP contribution >= 0.6 is 0 Å². The van der Waals surface area contributed by atoms with Gasteiger partial charge in [0.05, 0.1) is 5.69 Å². The molecule has 0 atom stereocenters. The van der Waals surface area contributed by atoms with Crippen molar-refractivity contribution in [1.82, 2.24) is 15.5 Å². The Labute approximate surface area is 189 Å². The zero-order chi connectivity index (χ0) is 23.0. The van der Waals surface area contributed by atoms with Crippen LogP contribution in [0.2, 0.25) is 0 Å². The number of nitrogens with two attached hydrogens (primary N) is 1. The number of benzene rings is 2. The van der Waals surface area contributed by atoms with E-state index < -0.39 is 5.60 Å². The topological polar surface area (TPSA) is 99.4 Å². The normalized spacial score (nSPS) is 11.1. The minimum Gasteiger partial charge on any atom is -0.489 e. The Morgan fingerprint density at radius 3 is 2.25 bits per heavy atom. The summed E-state index contributed by atoms with van der Waals surface area (Å²) in [5.41, 5.74) is 9.13. The molecule has 3 N–H and O–H groups in total. The molecule has 0 saturated heterocycles. The highest BCUT2D eigenvalue weighted by Crippen LogP contribution is 2.21. The van der Waals surface area contributed by atoms with Crippen LogP contribution in [0, 0.1) is 0 Å². The fourth-order valence-electron chi connectivity index (χ4n) is 2.98. The van der Waals surface area contributed by atoms with E-state index in [0.717, 1.165) is 35.4 Å². The molecule has 0 radical (unpaired) electrons. The SMILES string of the molecule is CC(C)(C)OC(=O)NCCCc1ccc(COc2ccc(-c3ccc(N)nn3)cc2)cc1. The van der Waals surface area contributed by atoms with Crippen LogP contribution in [0.1, 0.15) is 38.3 Å². The van der Waals surface area contributed by atoms with Crippen LogP contribution in [0.25, 0.3) is 11.3 Å². The van der Waals surface area contributed by atoms with Crippen molar-refractivity contribution in [2.45, 2.75) is 45.8 Å². The number of nitrogens with one attached hydrogen (secondary N) is 1. The lowest BCUT2D eigenvalue weighted by molar-refractivity contribution is 0.0527. The number of anilines is 1. The first-order valence-corrected chi connectivity index (χ1v) is 10.7. The number of amides is 1. The van der Waals surface area contributed by atoms with Crippen LogP contribution < -0.4 is 15.8 Å². The predicted molar refractivity (Wildman–Crippen MR) is 125 cm³/mol. The van der Waals surface area contributed by atoms with E-state index in [0.29, 0.717) is 19.0 Å². The Bertz CT molecular complexity index is 995. The van der Waals surface area contributed by atoms with Gasteiger partial charge < -0.3 is 20.5 Å². The van der Waals surface area contributed by atoms with E-state index in [1.54, 1.807) is 6.07 Å².